The lowest BCUT2D eigenvalue weighted by molar-refractivity contribution is -0.112. The highest BCUT2D eigenvalue weighted by molar-refractivity contribution is 6.49. The van der Waals surface area contributed by atoms with E-state index in [4.69, 9.17) is 27.9 Å². The van der Waals surface area contributed by atoms with Crippen LogP contribution in [0.2, 0.25) is 10.0 Å². The van der Waals surface area contributed by atoms with Crippen molar-refractivity contribution in [2.24, 2.45) is 0 Å². The Bertz CT molecular complexity index is 1260. The summed E-state index contributed by atoms with van der Waals surface area (Å²) in [6.07, 6.45) is 5.12. The van der Waals surface area contributed by atoms with Gasteiger partial charge in [0.1, 0.15) is 5.75 Å². The molecule has 0 aliphatic heterocycles. The van der Waals surface area contributed by atoms with E-state index in [1.54, 1.807) is 19.2 Å². The van der Waals surface area contributed by atoms with Crippen molar-refractivity contribution in [2.45, 2.75) is 6.42 Å². The molecule has 31 heavy (non-hydrogen) atoms. The van der Waals surface area contributed by atoms with E-state index in [0.29, 0.717) is 17.5 Å². The number of rotatable bonds is 6. The van der Waals surface area contributed by atoms with E-state index >= 15 is 0 Å². The third-order valence-corrected chi connectivity index (χ3v) is 5.42. The van der Waals surface area contributed by atoms with Crippen molar-refractivity contribution in [3.63, 3.8) is 0 Å². The Kier molecular flexibility index (Phi) is 5.93. The number of carbonyl (C=O) groups excluding carboxylic acids is 2. The zero-order valence-electron chi connectivity index (χ0n) is 16.4. The number of aromatic nitrogens is 2. The zero-order chi connectivity index (χ0) is 22.0. The van der Waals surface area contributed by atoms with Crippen LogP contribution in [0.1, 0.15) is 21.6 Å². The highest BCUT2D eigenvalue weighted by atomic mass is 35.5. The number of fused-ring (bicyclic) bond motifs is 1. The second-order valence-corrected chi connectivity index (χ2v) is 7.61. The molecule has 0 atom stereocenters. The van der Waals surface area contributed by atoms with E-state index in [0.717, 1.165) is 17.0 Å². The van der Waals surface area contributed by atoms with Crippen LogP contribution >= 0.6 is 23.2 Å². The van der Waals surface area contributed by atoms with Crippen molar-refractivity contribution in [1.29, 1.82) is 0 Å². The van der Waals surface area contributed by atoms with Gasteiger partial charge >= 0.3 is 0 Å². The first kappa shape index (κ1) is 20.9. The molecule has 1 N–H and O–H groups in total. The smallest absolute Gasteiger partial charge is 0.296 e. The van der Waals surface area contributed by atoms with Gasteiger partial charge in [0.2, 0.25) is 0 Å². The summed E-state index contributed by atoms with van der Waals surface area (Å²) in [6, 6.07) is 14.9. The number of Topliss-reactive ketones (excluding diaryl/α,β-unsaturated/α-hetero) is 1. The molecule has 6 nitrogen and oxygen atoms in total. The molecule has 1 aromatic carbocycles. The van der Waals surface area contributed by atoms with E-state index in [1.807, 2.05) is 47.0 Å². The van der Waals surface area contributed by atoms with Gasteiger partial charge in [-0.1, -0.05) is 41.4 Å². The van der Waals surface area contributed by atoms with Crippen LogP contribution in [0.4, 0.5) is 5.69 Å². The summed E-state index contributed by atoms with van der Waals surface area (Å²) < 4.78 is 7.10. The number of amides is 1. The molecule has 3 aromatic heterocycles. The third kappa shape index (κ3) is 4.26. The SMILES string of the molecule is COc1ccc(Cc2cc(C(=O)C(=O)Nc3c(Cl)cncc3Cl)c3ccccn23)cc1. The molecular formula is C23H17Cl2N3O3. The van der Waals surface area contributed by atoms with Crippen LogP contribution < -0.4 is 10.1 Å². The predicted molar refractivity (Wildman–Crippen MR) is 120 cm³/mol. The maximum absolute atomic E-state index is 13.0. The first-order chi connectivity index (χ1) is 15.0. The van der Waals surface area contributed by atoms with Crippen molar-refractivity contribution in [2.75, 3.05) is 12.4 Å². The molecule has 0 saturated carbocycles. The van der Waals surface area contributed by atoms with Gasteiger partial charge in [0.25, 0.3) is 11.7 Å². The van der Waals surface area contributed by atoms with E-state index in [1.165, 1.54) is 12.4 Å². The lowest BCUT2D eigenvalue weighted by atomic mass is 10.1. The zero-order valence-corrected chi connectivity index (χ0v) is 17.9. The summed E-state index contributed by atoms with van der Waals surface area (Å²) in [5.74, 6) is -0.749. The number of pyridine rings is 2. The highest BCUT2D eigenvalue weighted by Crippen LogP contribution is 2.29. The molecule has 0 fully saturated rings. The second-order valence-electron chi connectivity index (χ2n) is 6.79. The normalized spacial score (nSPS) is 10.8. The van der Waals surface area contributed by atoms with Crippen molar-refractivity contribution in [3.05, 3.63) is 94.0 Å². The fourth-order valence-corrected chi connectivity index (χ4v) is 3.78. The quantitative estimate of drug-likeness (QED) is 0.327. The van der Waals surface area contributed by atoms with Gasteiger partial charge in [0.15, 0.2) is 0 Å². The van der Waals surface area contributed by atoms with Crippen LogP contribution in [0.5, 0.6) is 5.75 Å². The Balaban J connectivity index is 1.65. The number of hydrogen-bond donors (Lipinski definition) is 1. The predicted octanol–water partition coefficient (Wildman–Crippen LogP) is 5.06. The molecule has 156 valence electrons. The summed E-state index contributed by atoms with van der Waals surface area (Å²) in [5.41, 5.74) is 3.00. The van der Waals surface area contributed by atoms with Gasteiger partial charge in [0.05, 0.1) is 33.9 Å². The number of methoxy groups -OCH3 is 1. The topological polar surface area (TPSA) is 72.7 Å². The number of benzene rings is 1. The molecule has 0 radical (unpaired) electrons. The van der Waals surface area contributed by atoms with Gasteiger partial charge in [-0.05, 0) is 35.9 Å². The minimum absolute atomic E-state index is 0.149. The number of ketones is 1. The molecule has 1 amide bonds. The van der Waals surface area contributed by atoms with Gasteiger partial charge < -0.3 is 14.5 Å². The lowest BCUT2D eigenvalue weighted by Crippen LogP contribution is -2.23. The molecular weight excluding hydrogens is 437 g/mol. The molecule has 4 rings (SSSR count). The van der Waals surface area contributed by atoms with Gasteiger partial charge in [-0.15, -0.1) is 0 Å². The Morgan fingerprint density at radius 1 is 1.06 bits per heavy atom. The second kappa shape index (κ2) is 8.79. The Labute approximate surface area is 188 Å². The van der Waals surface area contributed by atoms with Crippen LogP contribution in [0.15, 0.2) is 67.1 Å². The summed E-state index contributed by atoms with van der Waals surface area (Å²) >= 11 is 12.1. The van der Waals surface area contributed by atoms with Gasteiger partial charge in [-0.2, -0.15) is 0 Å². The van der Waals surface area contributed by atoms with E-state index in [2.05, 4.69) is 10.3 Å². The van der Waals surface area contributed by atoms with E-state index < -0.39 is 11.7 Å². The van der Waals surface area contributed by atoms with Crippen molar-refractivity contribution in [1.82, 2.24) is 9.38 Å². The van der Waals surface area contributed by atoms with E-state index in [9.17, 15) is 9.59 Å². The Morgan fingerprint density at radius 3 is 2.45 bits per heavy atom. The standard InChI is InChI=1S/C23H17Cl2N3O3/c1-31-16-7-5-14(6-8-16)10-15-11-17(20-4-2-3-9-28(15)20)22(29)23(30)27-21-18(24)12-26-13-19(21)25/h2-9,11-13H,10H2,1H3,(H,26,27,30). The van der Waals surface area contributed by atoms with Crippen LogP contribution in [0, 0.1) is 0 Å². The van der Waals surface area contributed by atoms with Gasteiger partial charge in [-0.3, -0.25) is 14.6 Å². The summed E-state index contributed by atoms with van der Waals surface area (Å²) in [5, 5.41) is 2.79. The van der Waals surface area contributed by atoms with Gasteiger partial charge in [0, 0.05) is 30.7 Å². The van der Waals surface area contributed by atoms with Crippen LogP contribution in [0.3, 0.4) is 0 Å². The maximum Gasteiger partial charge on any atom is 0.296 e. The monoisotopic (exact) mass is 453 g/mol. The minimum Gasteiger partial charge on any atom is -0.497 e. The first-order valence-electron chi connectivity index (χ1n) is 9.34. The molecule has 0 spiro atoms. The number of nitrogens with one attached hydrogen (secondary N) is 1. The lowest BCUT2D eigenvalue weighted by Gasteiger charge is -2.07. The fourth-order valence-electron chi connectivity index (χ4n) is 3.32. The number of ether oxygens (including phenoxy) is 1. The van der Waals surface area contributed by atoms with Crippen molar-refractivity contribution < 1.29 is 14.3 Å². The van der Waals surface area contributed by atoms with E-state index in [-0.39, 0.29) is 15.7 Å². The average molecular weight is 454 g/mol. The molecule has 0 unspecified atom stereocenters. The maximum atomic E-state index is 13.0. The summed E-state index contributed by atoms with van der Waals surface area (Å²) in [7, 11) is 1.62. The molecule has 0 saturated heterocycles. The number of halogens is 2. The van der Waals surface area contributed by atoms with Crippen LogP contribution in [-0.4, -0.2) is 28.2 Å². The molecule has 8 heteroatoms. The number of hydrogen-bond acceptors (Lipinski definition) is 4. The third-order valence-electron chi connectivity index (χ3n) is 4.84. The fraction of sp³-hybridized carbons (Fsp3) is 0.0870. The number of carbonyl (C=O) groups is 2. The Morgan fingerprint density at radius 2 is 1.77 bits per heavy atom. The number of nitrogens with zero attached hydrogens (tertiary/aromatic N) is 2. The molecule has 3 heterocycles. The van der Waals surface area contributed by atoms with Crippen molar-refractivity contribution in [3.8, 4) is 5.75 Å². The average Bonchev–Trinajstić information content (AvgIpc) is 3.14. The summed E-state index contributed by atoms with van der Waals surface area (Å²) in [4.78, 5) is 29.5. The van der Waals surface area contributed by atoms with Crippen LogP contribution in [0.25, 0.3) is 5.52 Å². The molecule has 0 aliphatic carbocycles. The van der Waals surface area contributed by atoms with Gasteiger partial charge in [-0.25, -0.2) is 0 Å². The summed E-state index contributed by atoms with van der Waals surface area (Å²) in [6.45, 7) is 0. The first-order valence-corrected chi connectivity index (χ1v) is 10.1. The number of anilines is 1. The van der Waals surface area contributed by atoms with Crippen LogP contribution in [-0.2, 0) is 11.2 Å². The largest absolute Gasteiger partial charge is 0.497 e. The van der Waals surface area contributed by atoms with Crippen molar-refractivity contribution >= 4 is 46.1 Å². The molecule has 0 bridgehead atoms. The minimum atomic E-state index is -0.831. The highest BCUT2D eigenvalue weighted by Gasteiger charge is 2.23. The molecule has 0 aliphatic rings. The Hall–Kier alpha value is -3.35. The molecule has 4 aromatic rings.